The topological polar surface area (TPSA) is 79.7 Å². The highest BCUT2D eigenvalue weighted by atomic mass is 32.2. The number of rotatable bonds is 2. The standard InChI is InChI=1S/C11H16N2O3S/c1-5-4-16-10-6(12)8(14-2)9(15-3)7(13)11(10)17-5/h5H,4,12-13H2,1-3H3. The molecule has 1 heterocycles. The SMILES string of the molecule is COc1c(N)c2c(c(N)c1OC)SC(C)CO2. The Morgan fingerprint density at radius 1 is 1.18 bits per heavy atom. The van der Waals surface area contributed by atoms with Crippen molar-refractivity contribution >= 4 is 23.1 Å². The third kappa shape index (κ3) is 1.82. The predicted molar refractivity (Wildman–Crippen MR) is 69.2 cm³/mol. The highest BCUT2D eigenvalue weighted by Gasteiger charge is 2.28. The van der Waals surface area contributed by atoms with Gasteiger partial charge < -0.3 is 25.7 Å². The van der Waals surface area contributed by atoms with Crippen molar-refractivity contribution in [1.29, 1.82) is 0 Å². The molecule has 1 aliphatic rings. The third-order valence-corrected chi connectivity index (χ3v) is 3.76. The molecule has 1 atom stereocenters. The van der Waals surface area contributed by atoms with E-state index in [0.29, 0.717) is 40.5 Å². The minimum atomic E-state index is 0.335. The average Bonchev–Trinajstić information content (AvgIpc) is 2.33. The highest BCUT2D eigenvalue weighted by Crippen LogP contribution is 2.54. The Labute approximate surface area is 104 Å². The van der Waals surface area contributed by atoms with Crippen LogP contribution in [0.4, 0.5) is 11.4 Å². The van der Waals surface area contributed by atoms with Crippen molar-refractivity contribution in [3.8, 4) is 17.2 Å². The summed E-state index contributed by atoms with van der Waals surface area (Å²) in [6, 6.07) is 0. The number of nitrogens with two attached hydrogens (primary N) is 2. The summed E-state index contributed by atoms with van der Waals surface area (Å²) in [6.45, 7) is 2.68. The van der Waals surface area contributed by atoms with Crippen molar-refractivity contribution in [2.75, 3.05) is 32.3 Å². The fourth-order valence-electron chi connectivity index (χ4n) is 1.80. The second-order valence-corrected chi connectivity index (χ2v) is 5.24. The van der Waals surface area contributed by atoms with E-state index in [1.165, 1.54) is 14.2 Å². The van der Waals surface area contributed by atoms with Crippen molar-refractivity contribution in [2.24, 2.45) is 0 Å². The van der Waals surface area contributed by atoms with Crippen molar-refractivity contribution in [1.82, 2.24) is 0 Å². The number of thioether (sulfide) groups is 1. The van der Waals surface area contributed by atoms with E-state index in [9.17, 15) is 0 Å². The van der Waals surface area contributed by atoms with E-state index in [2.05, 4.69) is 6.92 Å². The molecule has 1 aromatic rings. The molecule has 4 N–H and O–H groups in total. The first-order chi connectivity index (χ1) is 8.10. The van der Waals surface area contributed by atoms with Crippen LogP contribution in [0.25, 0.3) is 0 Å². The highest BCUT2D eigenvalue weighted by molar-refractivity contribution is 8.00. The summed E-state index contributed by atoms with van der Waals surface area (Å²) in [4.78, 5) is 0.832. The van der Waals surface area contributed by atoms with Crippen molar-refractivity contribution in [2.45, 2.75) is 17.1 Å². The number of hydrogen-bond donors (Lipinski definition) is 2. The van der Waals surface area contributed by atoms with Crippen LogP contribution in [-0.2, 0) is 0 Å². The zero-order chi connectivity index (χ0) is 12.6. The molecule has 0 amide bonds. The number of methoxy groups -OCH3 is 2. The smallest absolute Gasteiger partial charge is 0.189 e. The molecule has 0 radical (unpaired) electrons. The van der Waals surface area contributed by atoms with Crippen molar-refractivity contribution in [3.05, 3.63) is 0 Å². The molecule has 5 nitrogen and oxygen atoms in total. The first-order valence-electron chi connectivity index (χ1n) is 5.22. The molecule has 0 spiro atoms. The summed E-state index contributed by atoms with van der Waals surface area (Å²) in [6.07, 6.45) is 0. The largest absolute Gasteiger partial charge is 0.491 e. The van der Waals surface area contributed by atoms with E-state index in [-0.39, 0.29) is 0 Å². The van der Waals surface area contributed by atoms with E-state index in [1.54, 1.807) is 11.8 Å². The molecular formula is C11H16N2O3S. The van der Waals surface area contributed by atoms with Crippen LogP contribution >= 0.6 is 11.8 Å². The van der Waals surface area contributed by atoms with Gasteiger partial charge in [0, 0.05) is 5.25 Å². The van der Waals surface area contributed by atoms with Crippen LogP contribution in [-0.4, -0.2) is 26.1 Å². The first-order valence-corrected chi connectivity index (χ1v) is 6.10. The molecule has 0 aromatic heterocycles. The van der Waals surface area contributed by atoms with Crippen LogP contribution in [0.1, 0.15) is 6.92 Å². The van der Waals surface area contributed by atoms with Gasteiger partial charge in [0.2, 0.25) is 0 Å². The van der Waals surface area contributed by atoms with Gasteiger partial charge in [-0.15, -0.1) is 11.8 Å². The van der Waals surface area contributed by atoms with Gasteiger partial charge in [-0.2, -0.15) is 0 Å². The maximum Gasteiger partial charge on any atom is 0.189 e. The van der Waals surface area contributed by atoms with Crippen LogP contribution in [0, 0.1) is 0 Å². The molecule has 6 heteroatoms. The number of ether oxygens (including phenoxy) is 3. The monoisotopic (exact) mass is 256 g/mol. The van der Waals surface area contributed by atoms with E-state index in [4.69, 9.17) is 25.7 Å². The van der Waals surface area contributed by atoms with Gasteiger partial charge in [0.05, 0.1) is 24.8 Å². The zero-order valence-electron chi connectivity index (χ0n) is 10.1. The molecule has 1 unspecified atom stereocenters. The number of fused-ring (bicyclic) bond motifs is 1. The number of anilines is 2. The average molecular weight is 256 g/mol. The molecule has 0 bridgehead atoms. The number of benzene rings is 1. The normalized spacial score (nSPS) is 18.2. The van der Waals surface area contributed by atoms with Gasteiger partial charge in [0.1, 0.15) is 12.3 Å². The van der Waals surface area contributed by atoms with Crippen molar-refractivity contribution < 1.29 is 14.2 Å². The Hall–Kier alpha value is -1.43. The van der Waals surface area contributed by atoms with Gasteiger partial charge in [-0.1, -0.05) is 0 Å². The van der Waals surface area contributed by atoms with E-state index in [0.717, 1.165) is 4.90 Å². The molecule has 17 heavy (non-hydrogen) atoms. The van der Waals surface area contributed by atoms with Crippen LogP contribution < -0.4 is 25.7 Å². The van der Waals surface area contributed by atoms with Gasteiger partial charge in [0.15, 0.2) is 17.2 Å². The summed E-state index contributed by atoms with van der Waals surface area (Å²) in [5.74, 6) is 1.50. The minimum Gasteiger partial charge on any atom is -0.491 e. The summed E-state index contributed by atoms with van der Waals surface area (Å²) < 4.78 is 16.1. The molecule has 0 fully saturated rings. The van der Waals surface area contributed by atoms with Gasteiger partial charge in [-0.05, 0) is 6.92 Å². The lowest BCUT2D eigenvalue weighted by Gasteiger charge is -2.26. The molecule has 1 aliphatic heterocycles. The van der Waals surface area contributed by atoms with Crippen LogP contribution in [0.2, 0.25) is 0 Å². The Kier molecular flexibility index (Phi) is 3.15. The zero-order valence-corrected chi connectivity index (χ0v) is 10.9. The fourth-order valence-corrected chi connectivity index (χ4v) is 2.83. The first kappa shape index (κ1) is 12.0. The van der Waals surface area contributed by atoms with Crippen molar-refractivity contribution in [3.63, 3.8) is 0 Å². The fraction of sp³-hybridized carbons (Fsp3) is 0.455. The van der Waals surface area contributed by atoms with E-state index >= 15 is 0 Å². The number of nitrogen functional groups attached to an aromatic ring is 2. The maximum absolute atomic E-state index is 6.06. The predicted octanol–water partition coefficient (Wildman–Crippen LogP) is 1.74. The molecule has 0 saturated carbocycles. The Morgan fingerprint density at radius 2 is 1.76 bits per heavy atom. The lowest BCUT2D eigenvalue weighted by Crippen LogP contribution is -2.18. The van der Waals surface area contributed by atoms with Crippen LogP contribution in [0.5, 0.6) is 17.2 Å². The Morgan fingerprint density at radius 3 is 2.35 bits per heavy atom. The van der Waals surface area contributed by atoms with Gasteiger partial charge in [-0.25, -0.2) is 0 Å². The summed E-state index contributed by atoms with van der Waals surface area (Å²) >= 11 is 1.64. The summed E-state index contributed by atoms with van der Waals surface area (Å²) in [7, 11) is 3.07. The molecule has 94 valence electrons. The summed E-state index contributed by atoms with van der Waals surface area (Å²) in [5, 5.41) is 0.335. The van der Waals surface area contributed by atoms with Crippen LogP contribution in [0.3, 0.4) is 0 Å². The Balaban J connectivity index is 2.66. The van der Waals surface area contributed by atoms with E-state index in [1.807, 2.05) is 0 Å². The third-order valence-electron chi connectivity index (χ3n) is 2.58. The summed E-state index contributed by atoms with van der Waals surface area (Å²) in [5.41, 5.74) is 13.0. The van der Waals surface area contributed by atoms with Gasteiger partial charge >= 0.3 is 0 Å². The molecule has 0 aliphatic carbocycles. The maximum atomic E-state index is 6.06. The lowest BCUT2D eigenvalue weighted by atomic mass is 10.2. The number of hydrogen-bond acceptors (Lipinski definition) is 6. The van der Waals surface area contributed by atoms with Gasteiger partial charge in [-0.3, -0.25) is 0 Å². The van der Waals surface area contributed by atoms with Crippen LogP contribution in [0.15, 0.2) is 4.90 Å². The lowest BCUT2D eigenvalue weighted by molar-refractivity contribution is 0.303. The quantitative estimate of drug-likeness (QED) is 0.785. The second-order valence-electron chi connectivity index (χ2n) is 3.79. The Bertz CT molecular complexity index is 451. The molecule has 2 rings (SSSR count). The second kappa shape index (κ2) is 4.44. The molecular weight excluding hydrogens is 240 g/mol. The van der Waals surface area contributed by atoms with Gasteiger partial charge in [0.25, 0.3) is 0 Å². The molecule has 0 saturated heterocycles. The van der Waals surface area contributed by atoms with E-state index < -0.39 is 0 Å². The molecule has 1 aromatic carbocycles. The minimum absolute atomic E-state index is 0.335.